The van der Waals surface area contributed by atoms with Crippen molar-refractivity contribution in [3.8, 4) is 23.1 Å². The summed E-state index contributed by atoms with van der Waals surface area (Å²) in [5.74, 6) is 6.06. The van der Waals surface area contributed by atoms with E-state index >= 15 is 0 Å². The molecule has 0 bridgehead atoms. The van der Waals surface area contributed by atoms with Gasteiger partial charge in [0.15, 0.2) is 6.23 Å². The van der Waals surface area contributed by atoms with Crippen LogP contribution in [0, 0.1) is 17.8 Å². The molecule has 1 aromatic carbocycles. The lowest BCUT2D eigenvalue weighted by molar-refractivity contribution is -0.126. The number of aliphatic hydroxyl groups is 1. The van der Waals surface area contributed by atoms with Gasteiger partial charge < -0.3 is 15.3 Å². The first-order chi connectivity index (χ1) is 18.0. The number of pyridine rings is 2. The van der Waals surface area contributed by atoms with Gasteiger partial charge in [-0.05, 0) is 43.7 Å². The number of hydrogen-bond acceptors (Lipinski definition) is 6. The maximum absolute atomic E-state index is 12.3. The molecule has 9 heteroatoms. The molecule has 4 heterocycles. The Balaban J connectivity index is 1.40. The summed E-state index contributed by atoms with van der Waals surface area (Å²) in [4.78, 5) is 22.6. The van der Waals surface area contributed by atoms with E-state index in [1.165, 1.54) is 0 Å². The summed E-state index contributed by atoms with van der Waals surface area (Å²) >= 11 is 6.59. The summed E-state index contributed by atoms with van der Waals surface area (Å²) in [5.41, 5.74) is 3.19. The van der Waals surface area contributed by atoms with E-state index in [4.69, 9.17) is 16.7 Å². The Bertz CT molecular complexity index is 1460. The fourth-order valence-electron chi connectivity index (χ4n) is 4.76. The number of halogens is 1. The summed E-state index contributed by atoms with van der Waals surface area (Å²) in [5, 5.41) is 19.9. The molecule has 5 rings (SSSR count). The molecule has 3 aromatic heterocycles. The summed E-state index contributed by atoms with van der Waals surface area (Å²) in [6.07, 6.45) is 6.10. The number of hydrogen-bond donors (Lipinski definition) is 2. The number of aliphatic hydroxyl groups excluding tert-OH is 1. The van der Waals surface area contributed by atoms with Crippen molar-refractivity contribution >= 4 is 34.2 Å². The highest BCUT2D eigenvalue weighted by atomic mass is 35.5. The predicted octanol–water partition coefficient (Wildman–Crippen LogP) is 4.51. The number of piperidine rings is 1. The standard InChI is InChI=1S/C28H27ClN6O2/c1-2-6-25(36)34-14-5-7-19(17-34)18-35-27-22(15-30-16-23(27)29)26(33-35)20-9-11-21(12-10-20)28(37)32-24-8-3-4-13-31-24/h3-4,8-13,15-16,19,28,37H,5,7,14,17-18H2,1H3,(H,31,32)/t19-,28?/m0/s1. The SMILES string of the molecule is CC#CC(=O)N1CCC[C@H](Cn2nc(-c3ccc(C(O)Nc4ccccn4)cc3)c3cncc(Cl)c32)C1. The summed E-state index contributed by atoms with van der Waals surface area (Å²) < 4.78 is 1.93. The van der Waals surface area contributed by atoms with Gasteiger partial charge >= 0.3 is 0 Å². The van der Waals surface area contributed by atoms with Gasteiger partial charge in [0, 0.05) is 54.7 Å². The first kappa shape index (κ1) is 24.8. The molecule has 0 radical (unpaired) electrons. The molecule has 1 aliphatic heterocycles. The number of anilines is 1. The smallest absolute Gasteiger partial charge is 0.298 e. The minimum atomic E-state index is -0.899. The molecule has 0 saturated carbocycles. The molecule has 1 aliphatic rings. The minimum absolute atomic E-state index is 0.125. The van der Waals surface area contributed by atoms with Gasteiger partial charge in [-0.3, -0.25) is 14.5 Å². The lowest BCUT2D eigenvalue weighted by Crippen LogP contribution is -2.40. The monoisotopic (exact) mass is 514 g/mol. The van der Waals surface area contributed by atoms with Crippen molar-refractivity contribution in [1.29, 1.82) is 0 Å². The quantitative estimate of drug-likeness (QED) is 0.290. The largest absolute Gasteiger partial charge is 0.369 e. The Morgan fingerprint density at radius 2 is 2.08 bits per heavy atom. The zero-order chi connectivity index (χ0) is 25.8. The highest BCUT2D eigenvalue weighted by molar-refractivity contribution is 6.35. The number of benzene rings is 1. The van der Waals surface area contributed by atoms with Crippen LogP contribution < -0.4 is 5.32 Å². The van der Waals surface area contributed by atoms with Gasteiger partial charge in [0.2, 0.25) is 0 Å². The number of rotatable bonds is 6. The van der Waals surface area contributed by atoms with E-state index in [9.17, 15) is 9.90 Å². The van der Waals surface area contributed by atoms with E-state index in [-0.39, 0.29) is 11.8 Å². The highest BCUT2D eigenvalue weighted by Crippen LogP contribution is 2.33. The molecule has 0 aliphatic carbocycles. The molecule has 1 unspecified atom stereocenters. The number of aromatic nitrogens is 4. The molecule has 2 atom stereocenters. The van der Waals surface area contributed by atoms with Crippen molar-refractivity contribution < 1.29 is 9.90 Å². The van der Waals surface area contributed by atoms with Crippen molar-refractivity contribution in [3.63, 3.8) is 0 Å². The number of nitrogens with one attached hydrogen (secondary N) is 1. The van der Waals surface area contributed by atoms with Gasteiger partial charge in [0.25, 0.3) is 5.91 Å². The number of likely N-dealkylation sites (tertiary alicyclic amines) is 1. The summed E-state index contributed by atoms with van der Waals surface area (Å²) in [6.45, 7) is 3.68. The molecule has 1 amide bonds. The fraction of sp³-hybridized carbons (Fsp3) is 0.286. The van der Waals surface area contributed by atoms with Crippen LogP contribution in [0.1, 0.15) is 31.6 Å². The molecular weight excluding hydrogens is 488 g/mol. The third-order valence-electron chi connectivity index (χ3n) is 6.53. The van der Waals surface area contributed by atoms with Crippen LogP contribution in [0.4, 0.5) is 5.82 Å². The van der Waals surface area contributed by atoms with Crippen LogP contribution in [0.15, 0.2) is 61.1 Å². The van der Waals surface area contributed by atoms with Crippen LogP contribution in [-0.2, 0) is 11.3 Å². The Morgan fingerprint density at radius 1 is 1.24 bits per heavy atom. The number of carbonyl (C=O) groups is 1. The van der Waals surface area contributed by atoms with Crippen LogP contribution in [0.2, 0.25) is 5.02 Å². The fourth-order valence-corrected chi connectivity index (χ4v) is 5.01. The molecule has 4 aromatic rings. The maximum atomic E-state index is 12.3. The van der Waals surface area contributed by atoms with E-state index in [2.05, 4.69) is 27.1 Å². The molecule has 0 spiro atoms. The van der Waals surface area contributed by atoms with Crippen LogP contribution in [0.5, 0.6) is 0 Å². The Morgan fingerprint density at radius 3 is 2.84 bits per heavy atom. The van der Waals surface area contributed by atoms with Crippen molar-refractivity contribution in [2.24, 2.45) is 5.92 Å². The lowest BCUT2D eigenvalue weighted by Gasteiger charge is -2.31. The normalized spacial score (nSPS) is 16.2. The van der Waals surface area contributed by atoms with Gasteiger partial charge in [-0.1, -0.05) is 47.9 Å². The second-order valence-electron chi connectivity index (χ2n) is 9.07. The van der Waals surface area contributed by atoms with Crippen LogP contribution in [-0.4, -0.2) is 48.8 Å². The van der Waals surface area contributed by atoms with Gasteiger partial charge in [-0.2, -0.15) is 5.10 Å². The number of carbonyl (C=O) groups excluding carboxylic acids is 1. The Hall–Kier alpha value is -3.93. The van der Waals surface area contributed by atoms with Crippen LogP contribution in [0.25, 0.3) is 22.2 Å². The number of amides is 1. The second kappa shape index (κ2) is 11.0. The van der Waals surface area contributed by atoms with Crippen LogP contribution >= 0.6 is 11.6 Å². The molecule has 1 saturated heterocycles. The third kappa shape index (κ3) is 5.43. The first-order valence-corrected chi connectivity index (χ1v) is 12.6. The molecule has 8 nitrogen and oxygen atoms in total. The molecular formula is C28H27ClN6O2. The average molecular weight is 515 g/mol. The zero-order valence-corrected chi connectivity index (χ0v) is 21.2. The van der Waals surface area contributed by atoms with Crippen molar-refractivity contribution in [1.82, 2.24) is 24.6 Å². The molecule has 2 N–H and O–H groups in total. The van der Waals surface area contributed by atoms with E-state index < -0.39 is 6.23 Å². The zero-order valence-electron chi connectivity index (χ0n) is 20.4. The Kier molecular flexibility index (Phi) is 7.35. The van der Waals surface area contributed by atoms with Crippen molar-refractivity contribution in [3.05, 3.63) is 71.6 Å². The summed E-state index contributed by atoms with van der Waals surface area (Å²) in [7, 11) is 0. The summed E-state index contributed by atoms with van der Waals surface area (Å²) in [6, 6.07) is 13.0. The topological polar surface area (TPSA) is 96.2 Å². The van der Waals surface area contributed by atoms with E-state index in [1.807, 2.05) is 46.0 Å². The van der Waals surface area contributed by atoms with Gasteiger partial charge in [0.1, 0.15) is 11.5 Å². The first-order valence-electron chi connectivity index (χ1n) is 12.2. The lowest BCUT2D eigenvalue weighted by atomic mass is 9.98. The Labute approximate surface area is 220 Å². The molecule has 188 valence electrons. The van der Waals surface area contributed by atoms with Gasteiger partial charge in [-0.15, -0.1) is 0 Å². The maximum Gasteiger partial charge on any atom is 0.298 e. The van der Waals surface area contributed by atoms with Crippen LogP contribution in [0.3, 0.4) is 0 Å². The number of fused-ring (bicyclic) bond motifs is 1. The average Bonchev–Trinajstić information content (AvgIpc) is 3.29. The number of nitrogens with zero attached hydrogens (tertiary/aromatic N) is 5. The van der Waals surface area contributed by atoms with Crippen molar-refractivity contribution in [2.45, 2.75) is 32.5 Å². The highest BCUT2D eigenvalue weighted by Gasteiger charge is 2.25. The van der Waals surface area contributed by atoms with E-state index in [0.29, 0.717) is 29.5 Å². The van der Waals surface area contributed by atoms with E-state index in [0.717, 1.165) is 41.5 Å². The molecule has 37 heavy (non-hydrogen) atoms. The van der Waals surface area contributed by atoms with Gasteiger partial charge in [0.05, 0.1) is 10.5 Å². The van der Waals surface area contributed by atoms with Crippen molar-refractivity contribution in [2.75, 3.05) is 18.4 Å². The van der Waals surface area contributed by atoms with E-state index in [1.54, 1.807) is 31.6 Å². The third-order valence-corrected chi connectivity index (χ3v) is 6.80. The predicted molar refractivity (Wildman–Crippen MR) is 144 cm³/mol. The molecule has 1 fully saturated rings. The van der Waals surface area contributed by atoms with Gasteiger partial charge in [-0.25, -0.2) is 4.98 Å². The minimum Gasteiger partial charge on any atom is -0.369 e. The second-order valence-corrected chi connectivity index (χ2v) is 9.47.